The van der Waals surface area contributed by atoms with Crippen LogP contribution in [0.15, 0.2) is 83.1 Å². The number of thioether (sulfide) groups is 1. The summed E-state index contributed by atoms with van der Waals surface area (Å²) in [6.07, 6.45) is 1.34. The predicted molar refractivity (Wildman–Crippen MR) is 129 cm³/mol. The molecule has 9 heteroatoms. The summed E-state index contributed by atoms with van der Waals surface area (Å²) < 4.78 is 7.23. The fourth-order valence-corrected chi connectivity index (χ4v) is 3.95. The van der Waals surface area contributed by atoms with Gasteiger partial charge in [0.2, 0.25) is 0 Å². The first-order valence-electron chi connectivity index (χ1n) is 10.5. The highest BCUT2D eigenvalue weighted by Crippen LogP contribution is 2.22. The lowest BCUT2D eigenvalue weighted by atomic mass is 10.2. The van der Waals surface area contributed by atoms with Gasteiger partial charge in [-0.25, -0.2) is 5.43 Å². The molecule has 4 rings (SSSR count). The normalized spacial score (nSPS) is 11.0. The molecule has 0 radical (unpaired) electrons. The molecule has 0 saturated carbocycles. The average molecular weight is 474 g/mol. The van der Waals surface area contributed by atoms with Gasteiger partial charge >= 0.3 is 5.16 Å². The van der Waals surface area contributed by atoms with Gasteiger partial charge in [0.25, 0.3) is 11.7 Å². The molecular formula is C25H23N5O3S. The van der Waals surface area contributed by atoms with Crippen molar-refractivity contribution in [2.75, 3.05) is 12.9 Å². The molecule has 1 amide bonds. The Bertz CT molecular complexity index is 1300. The van der Waals surface area contributed by atoms with Gasteiger partial charge in [-0.2, -0.15) is 9.67 Å². The molecule has 0 unspecified atom stereocenters. The summed E-state index contributed by atoms with van der Waals surface area (Å²) in [6, 6.07) is 22.2. The van der Waals surface area contributed by atoms with Crippen LogP contribution in [0.1, 0.15) is 11.1 Å². The molecule has 3 aromatic carbocycles. The third-order valence-corrected chi connectivity index (χ3v) is 5.91. The average Bonchev–Trinajstić information content (AvgIpc) is 3.28. The molecule has 172 valence electrons. The van der Waals surface area contributed by atoms with Crippen molar-refractivity contribution in [1.82, 2.24) is 15.6 Å². The van der Waals surface area contributed by atoms with E-state index in [0.717, 1.165) is 28.4 Å². The minimum absolute atomic E-state index is 0.0924. The Morgan fingerprint density at radius 3 is 2.59 bits per heavy atom. The van der Waals surface area contributed by atoms with Crippen LogP contribution in [0.2, 0.25) is 0 Å². The largest absolute Gasteiger partial charge is 0.872 e. The summed E-state index contributed by atoms with van der Waals surface area (Å²) in [4.78, 5) is 12.3. The maximum Gasteiger partial charge on any atom is 0.342 e. The number of ether oxygens (including phenoxy) is 1. The molecule has 0 aliphatic heterocycles. The van der Waals surface area contributed by atoms with Gasteiger partial charge < -0.3 is 9.84 Å². The molecular weight excluding hydrogens is 450 g/mol. The zero-order valence-corrected chi connectivity index (χ0v) is 19.5. The van der Waals surface area contributed by atoms with Gasteiger partial charge in [-0.1, -0.05) is 47.7 Å². The summed E-state index contributed by atoms with van der Waals surface area (Å²) >= 11 is 1.27. The van der Waals surface area contributed by atoms with E-state index in [1.807, 2.05) is 60.0 Å². The molecule has 4 aromatic rings. The highest BCUT2D eigenvalue weighted by Gasteiger charge is 2.24. The monoisotopic (exact) mass is 473 g/mol. The van der Waals surface area contributed by atoms with Crippen LogP contribution in [-0.4, -0.2) is 35.2 Å². The first kappa shape index (κ1) is 23.1. The number of amides is 1. The molecule has 8 nitrogen and oxygen atoms in total. The van der Waals surface area contributed by atoms with Gasteiger partial charge in [0.05, 0.1) is 29.7 Å². The smallest absolute Gasteiger partial charge is 0.342 e. The minimum atomic E-state index is -0.311. The highest BCUT2D eigenvalue weighted by molar-refractivity contribution is 7.99. The fraction of sp³-hybridized carbons (Fsp3) is 0.120. The van der Waals surface area contributed by atoms with Gasteiger partial charge in [-0.15, -0.1) is 5.10 Å². The first-order valence-corrected chi connectivity index (χ1v) is 11.5. The number of aromatic amines is 1. The number of aromatic nitrogens is 3. The van der Waals surface area contributed by atoms with Crippen molar-refractivity contribution < 1.29 is 19.2 Å². The van der Waals surface area contributed by atoms with Gasteiger partial charge in [-0.3, -0.25) is 4.79 Å². The highest BCUT2D eigenvalue weighted by atomic mass is 32.2. The summed E-state index contributed by atoms with van der Waals surface area (Å²) in [5.41, 5.74) is 5.84. The molecule has 34 heavy (non-hydrogen) atoms. The predicted octanol–water partition coefficient (Wildman–Crippen LogP) is 2.99. The lowest BCUT2D eigenvalue weighted by molar-refractivity contribution is -0.625. The van der Waals surface area contributed by atoms with E-state index in [1.54, 1.807) is 25.3 Å². The van der Waals surface area contributed by atoms with Crippen LogP contribution in [0.3, 0.4) is 0 Å². The Hall–Kier alpha value is -4.11. The Kier molecular flexibility index (Phi) is 7.24. The van der Waals surface area contributed by atoms with Crippen molar-refractivity contribution in [1.29, 1.82) is 0 Å². The van der Waals surface area contributed by atoms with E-state index in [-0.39, 0.29) is 17.4 Å². The molecule has 2 N–H and O–H groups in total. The van der Waals surface area contributed by atoms with Crippen LogP contribution in [0.4, 0.5) is 0 Å². The topological polar surface area (TPSA) is 106 Å². The van der Waals surface area contributed by atoms with Crippen molar-refractivity contribution in [3.63, 3.8) is 0 Å². The van der Waals surface area contributed by atoms with E-state index in [1.165, 1.54) is 24.0 Å². The van der Waals surface area contributed by atoms with Crippen LogP contribution in [0, 0.1) is 6.92 Å². The summed E-state index contributed by atoms with van der Waals surface area (Å²) in [6.45, 7) is 2.03. The molecule has 0 saturated heterocycles. The van der Waals surface area contributed by atoms with E-state index < -0.39 is 0 Å². The Labute approximate surface area is 201 Å². The van der Waals surface area contributed by atoms with Gasteiger partial charge in [0, 0.05) is 0 Å². The number of hydrogen-bond acceptors (Lipinski definition) is 6. The van der Waals surface area contributed by atoms with E-state index in [9.17, 15) is 9.90 Å². The lowest BCUT2D eigenvalue weighted by Crippen LogP contribution is -2.34. The van der Waals surface area contributed by atoms with Crippen molar-refractivity contribution in [2.24, 2.45) is 5.10 Å². The number of hydrogen-bond donors (Lipinski definition) is 2. The van der Waals surface area contributed by atoms with Crippen LogP contribution in [0.25, 0.3) is 17.1 Å². The van der Waals surface area contributed by atoms with Gasteiger partial charge in [-0.05, 0) is 60.6 Å². The maximum absolute atomic E-state index is 12.3. The summed E-state index contributed by atoms with van der Waals surface area (Å²) in [5, 5.41) is 23.8. The number of H-pyrrole nitrogens is 1. The number of benzene rings is 3. The summed E-state index contributed by atoms with van der Waals surface area (Å²) in [7, 11) is 1.63. The molecule has 0 aliphatic carbocycles. The number of aryl methyl sites for hydroxylation is 1. The van der Waals surface area contributed by atoms with E-state index in [0.29, 0.717) is 10.7 Å². The number of carbonyl (C=O) groups is 1. The quantitative estimate of drug-likeness (QED) is 0.177. The standard InChI is InChI=1S/C25H23N5O3S/c1-17-7-11-20(12-8-17)30-24(18-9-13-21(33-2)14-10-18)28-29-25(30)34-16-23(32)27-26-15-19-5-3-4-6-22(19)31/h3-15H,16H2,1-2H3,(H2,26,27,31,32). The van der Waals surface area contributed by atoms with Crippen molar-refractivity contribution >= 4 is 23.9 Å². The third kappa shape index (κ3) is 5.44. The Balaban J connectivity index is 1.53. The van der Waals surface area contributed by atoms with Crippen LogP contribution < -0.4 is 19.8 Å². The number of para-hydroxylation sites is 1. The SMILES string of the molecule is COc1ccc(-c2[nH]nc(SCC(=O)NN=Cc3ccccc3[O-])[n+]2-c2ccc(C)cc2)cc1. The Morgan fingerprint density at radius 1 is 1.15 bits per heavy atom. The molecule has 1 heterocycles. The second-order valence-electron chi connectivity index (χ2n) is 7.37. The van der Waals surface area contributed by atoms with E-state index in [4.69, 9.17) is 4.74 Å². The van der Waals surface area contributed by atoms with Crippen LogP contribution in [0.5, 0.6) is 11.5 Å². The molecule has 0 fully saturated rings. The Morgan fingerprint density at radius 2 is 1.88 bits per heavy atom. The van der Waals surface area contributed by atoms with Crippen molar-refractivity contribution in [3.8, 4) is 28.6 Å². The maximum atomic E-state index is 12.3. The van der Waals surface area contributed by atoms with Crippen molar-refractivity contribution in [3.05, 3.63) is 83.9 Å². The molecule has 0 atom stereocenters. The number of nitrogens with zero attached hydrogens (tertiary/aromatic N) is 3. The van der Waals surface area contributed by atoms with Gasteiger partial charge in [0.15, 0.2) is 0 Å². The van der Waals surface area contributed by atoms with Crippen LogP contribution >= 0.6 is 11.8 Å². The third-order valence-electron chi connectivity index (χ3n) is 4.97. The van der Waals surface area contributed by atoms with E-state index >= 15 is 0 Å². The van der Waals surface area contributed by atoms with Crippen molar-refractivity contribution in [2.45, 2.75) is 12.1 Å². The fourth-order valence-electron chi connectivity index (χ4n) is 3.19. The second-order valence-corrected chi connectivity index (χ2v) is 8.32. The van der Waals surface area contributed by atoms with Gasteiger partial charge in [0.1, 0.15) is 11.4 Å². The molecule has 0 bridgehead atoms. The number of hydrazone groups is 1. The van der Waals surface area contributed by atoms with E-state index in [2.05, 4.69) is 20.7 Å². The molecule has 0 spiro atoms. The zero-order valence-electron chi connectivity index (χ0n) is 18.7. The number of rotatable bonds is 8. The molecule has 1 aromatic heterocycles. The molecule has 0 aliphatic rings. The first-order chi connectivity index (χ1) is 16.5. The minimum Gasteiger partial charge on any atom is -0.872 e. The lowest BCUT2D eigenvalue weighted by Gasteiger charge is -2.07. The second kappa shape index (κ2) is 10.7. The summed E-state index contributed by atoms with van der Waals surface area (Å²) in [5.74, 6) is 1.16. The number of methoxy groups -OCH3 is 1. The number of nitrogens with one attached hydrogen (secondary N) is 2. The van der Waals surface area contributed by atoms with Crippen LogP contribution in [-0.2, 0) is 4.79 Å². The number of carbonyl (C=O) groups excluding carboxylic acids is 1. The zero-order chi connectivity index (χ0) is 23.9.